The number of amides is 1. The van der Waals surface area contributed by atoms with Crippen molar-refractivity contribution in [2.75, 3.05) is 11.5 Å². The Morgan fingerprint density at radius 1 is 1.33 bits per heavy atom. The fourth-order valence-corrected chi connectivity index (χ4v) is 3.37. The second-order valence-corrected chi connectivity index (χ2v) is 8.21. The maximum absolute atomic E-state index is 11.7. The predicted molar refractivity (Wildman–Crippen MR) is 90.7 cm³/mol. The van der Waals surface area contributed by atoms with Gasteiger partial charge in [-0.1, -0.05) is 25.1 Å². The van der Waals surface area contributed by atoms with Gasteiger partial charge in [-0.3, -0.25) is 4.79 Å². The van der Waals surface area contributed by atoms with Crippen LogP contribution in [-0.4, -0.2) is 41.9 Å². The fraction of sp³-hybridized carbons (Fsp3) is 0.267. The molecule has 0 aliphatic heterocycles. The smallest absolute Gasteiger partial charge is 0.355 e. The minimum Gasteiger partial charge on any atom is -0.476 e. The summed E-state index contributed by atoms with van der Waals surface area (Å²) in [5, 5.41) is 13.5. The minimum atomic E-state index is -3.36. The van der Waals surface area contributed by atoms with E-state index in [1.165, 1.54) is 23.6 Å². The number of carbonyl (C=O) groups is 2. The molecule has 1 aromatic carbocycles. The lowest BCUT2D eigenvalue weighted by molar-refractivity contribution is -0.118. The van der Waals surface area contributed by atoms with Gasteiger partial charge in [0.05, 0.1) is 0 Å². The molecule has 0 radical (unpaired) electrons. The first-order chi connectivity index (χ1) is 11.3. The number of sulfone groups is 1. The maximum atomic E-state index is 11.7. The number of carboxylic acid groups (broad SMARTS) is 1. The first-order valence-electron chi connectivity index (χ1n) is 7.06. The van der Waals surface area contributed by atoms with Gasteiger partial charge < -0.3 is 10.4 Å². The summed E-state index contributed by atoms with van der Waals surface area (Å²) >= 11 is 1.22. The van der Waals surface area contributed by atoms with Crippen LogP contribution in [0.15, 0.2) is 29.6 Å². The number of rotatable bonds is 7. The largest absolute Gasteiger partial charge is 0.476 e. The van der Waals surface area contributed by atoms with E-state index in [9.17, 15) is 18.0 Å². The number of aromatic carboxylic acids is 1. The molecule has 0 fully saturated rings. The molecule has 128 valence electrons. The Morgan fingerprint density at radius 2 is 2.08 bits per heavy atom. The molecule has 2 N–H and O–H groups in total. The van der Waals surface area contributed by atoms with E-state index in [0.29, 0.717) is 5.01 Å². The molecule has 1 heterocycles. The van der Waals surface area contributed by atoms with Crippen LogP contribution in [0.5, 0.6) is 0 Å². The van der Waals surface area contributed by atoms with Crippen molar-refractivity contribution >= 4 is 33.1 Å². The van der Waals surface area contributed by atoms with Crippen LogP contribution in [-0.2, 0) is 21.2 Å². The molecule has 2 rings (SSSR count). The first kappa shape index (κ1) is 18.1. The molecule has 0 saturated carbocycles. The van der Waals surface area contributed by atoms with E-state index in [2.05, 4.69) is 10.3 Å². The Bertz CT molecular complexity index is 858. The summed E-state index contributed by atoms with van der Waals surface area (Å²) in [7, 11) is -3.36. The molecule has 0 bridgehead atoms. The molecular weight excluding hydrogens is 352 g/mol. The summed E-state index contributed by atoms with van der Waals surface area (Å²) < 4.78 is 22.8. The maximum Gasteiger partial charge on any atom is 0.355 e. The standard InChI is InChI=1S/C15H16N2O5S2/c1-2-24(21,22)9-13(18)16-7-10-4-3-5-11(6-10)14-17-12(8-23-14)15(19)20/h3-6,8H,2,7,9H2,1H3,(H,16,18)(H,19,20). The highest BCUT2D eigenvalue weighted by molar-refractivity contribution is 7.92. The summed E-state index contributed by atoms with van der Waals surface area (Å²) in [5.74, 6) is -2.24. The van der Waals surface area contributed by atoms with Gasteiger partial charge in [0.15, 0.2) is 15.5 Å². The van der Waals surface area contributed by atoms with Crippen LogP contribution in [0.1, 0.15) is 23.0 Å². The zero-order chi connectivity index (χ0) is 17.7. The molecule has 7 nitrogen and oxygen atoms in total. The fourth-order valence-electron chi connectivity index (χ4n) is 1.87. The van der Waals surface area contributed by atoms with Gasteiger partial charge in [-0.05, 0) is 11.6 Å². The van der Waals surface area contributed by atoms with Gasteiger partial charge in [-0.25, -0.2) is 18.2 Å². The van der Waals surface area contributed by atoms with Crippen LogP contribution >= 0.6 is 11.3 Å². The van der Waals surface area contributed by atoms with E-state index in [1.54, 1.807) is 24.3 Å². The molecule has 0 unspecified atom stereocenters. The van der Waals surface area contributed by atoms with E-state index in [0.717, 1.165) is 11.1 Å². The highest BCUT2D eigenvalue weighted by Crippen LogP contribution is 2.24. The van der Waals surface area contributed by atoms with E-state index in [1.807, 2.05) is 0 Å². The van der Waals surface area contributed by atoms with E-state index in [-0.39, 0.29) is 18.0 Å². The van der Waals surface area contributed by atoms with Crippen LogP contribution < -0.4 is 5.32 Å². The first-order valence-corrected chi connectivity index (χ1v) is 9.76. The molecule has 0 aliphatic carbocycles. The van der Waals surface area contributed by atoms with Crippen molar-refractivity contribution in [3.8, 4) is 10.6 Å². The van der Waals surface area contributed by atoms with Crippen molar-refractivity contribution in [1.29, 1.82) is 0 Å². The monoisotopic (exact) mass is 368 g/mol. The van der Waals surface area contributed by atoms with Crippen molar-refractivity contribution in [2.24, 2.45) is 0 Å². The van der Waals surface area contributed by atoms with Gasteiger partial charge in [0, 0.05) is 23.2 Å². The number of carbonyl (C=O) groups excluding carboxylic acids is 1. The molecule has 0 atom stereocenters. The average molecular weight is 368 g/mol. The van der Waals surface area contributed by atoms with Crippen LogP contribution in [0.3, 0.4) is 0 Å². The van der Waals surface area contributed by atoms with Crippen LogP contribution in [0, 0.1) is 0 Å². The zero-order valence-corrected chi connectivity index (χ0v) is 14.5. The van der Waals surface area contributed by atoms with E-state index >= 15 is 0 Å². The Kier molecular flexibility index (Phi) is 5.68. The SMILES string of the molecule is CCS(=O)(=O)CC(=O)NCc1cccc(-c2nc(C(=O)O)cs2)c1. The van der Waals surface area contributed by atoms with Gasteiger partial charge in [0.1, 0.15) is 10.8 Å². The average Bonchev–Trinajstić information content (AvgIpc) is 3.03. The topological polar surface area (TPSA) is 113 Å². The molecule has 2 aromatic rings. The number of aromatic nitrogens is 1. The van der Waals surface area contributed by atoms with Crippen molar-refractivity contribution in [3.63, 3.8) is 0 Å². The van der Waals surface area contributed by atoms with Crippen molar-refractivity contribution in [1.82, 2.24) is 10.3 Å². The molecule has 0 saturated heterocycles. The number of hydrogen-bond acceptors (Lipinski definition) is 6. The van der Waals surface area contributed by atoms with Gasteiger partial charge >= 0.3 is 5.97 Å². The number of benzene rings is 1. The van der Waals surface area contributed by atoms with Crippen LogP contribution in [0.25, 0.3) is 10.6 Å². The minimum absolute atomic E-state index is 0.0153. The van der Waals surface area contributed by atoms with Crippen molar-refractivity contribution in [2.45, 2.75) is 13.5 Å². The highest BCUT2D eigenvalue weighted by atomic mass is 32.2. The predicted octanol–water partition coefficient (Wildman–Crippen LogP) is 1.56. The number of carboxylic acids is 1. The third-order valence-corrected chi connectivity index (χ3v) is 5.65. The number of hydrogen-bond donors (Lipinski definition) is 2. The number of thiazole rings is 1. The molecular formula is C15H16N2O5S2. The molecule has 24 heavy (non-hydrogen) atoms. The summed E-state index contributed by atoms with van der Waals surface area (Å²) in [6.45, 7) is 1.68. The molecule has 1 amide bonds. The summed E-state index contributed by atoms with van der Waals surface area (Å²) in [4.78, 5) is 26.6. The summed E-state index contributed by atoms with van der Waals surface area (Å²) in [5.41, 5.74) is 1.49. The highest BCUT2D eigenvalue weighted by Gasteiger charge is 2.14. The third kappa shape index (κ3) is 4.87. The zero-order valence-electron chi connectivity index (χ0n) is 12.9. The molecule has 0 aliphatic rings. The van der Waals surface area contributed by atoms with E-state index < -0.39 is 27.5 Å². The van der Waals surface area contributed by atoms with E-state index in [4.69, 9.17) is 5.11 Å². The Labute approximate surface area is 143 Å². The van der Waals surface area contributed by atoms with Crippen LogP contribution in [0.4, 0.5) is 0 Å². The summed E-state index contributed by atoms with van der Waals surface area (Å²) in [6, 6.07) is 7.11. The molecule has 9 heteroatoms. The third-order valence-electron chi connectivity index (χ3n) is 3.18. The van der Waals surface area contributed by atoms with Gasteiger partial charge in [0.2, 0.25) is 5.91 Å². The van der Waals surface area contributed by atoms with Gasteiger partial charge in [-0.2, -0.15) is 0 Å². The number of nitrogens with zero attached hydrogens (tertiary/aromatic N) is 1. The summed E-state index contributed by atoms with van der Waals surface area (Å²) in [6.07, 6.45) is 0. The van der Waals surface area contributed by atoms with Crippen molar-refractivity contribution in [3.05, 3.63) is 40.9 Å². The second kappa shape index (κ2) is 7.54. The lowest BCUT2D eigenvalue weighted by atomic mass is 10.1. The Hall–Kier alpha value is -2.26. The molecule has 1 aromatic heterocycles. The lowest BCUT2D eigenvalue weighted by Crippen LogP contribution is -2.30. The van der Waals surface area contributed by atoms with Crippen LogP contribution in [0.2, 0.25) is 0 Å². The lowest BCUT2D eigenvalue weighted by Gasteiger charge is -2.06. The molecule has 0 spiro atoms. The quantitative estimate of drug-likeness (QED) is 0.767. The van der Waals surface area contributed by atoms with Gasteiger partial charge in [-0.15, -0.1) is 11.3 Å². The second-order valence-electron chi connectivity index (χ2n) is 5.00. The number of nitrogens with one attached hydrogen (secondary N) is 1. The Balaban J connectivity index is 2.05. The van der Waals surface area contributed by atoms with Gasteiger partial charge in [0.25, 0.3) is 0 Å². The Morgan fingerprint density at radius 3 is 2.71 bits per heavy atom. The normalized spacial score (nSPS) is 11.2. The van der Waals surface area contributed by atoms with Crippen molar-refractivity contribution < 1.29 is 23.1 Å².